The fourth-order valence-electron chi connectivity index (χ4n) is 1.47. The number of hydrogen-bond acceptors (Lipinski definition) is 1. The van der Waals surface area contributed by atoms with E-state index < -0.39 is 11.6 Å². The van der Waals surface area contributed by atoms with E-state index in [1.54, 1.807) is 0 Å². The Hall–Kier alpha value is -0.450. The van der Waals surface area contributed by atoms with E-state index in [9.17, 15) is 8.78 Å². The number of benzene rings is 1. The first-order valence-electron chi connectivity index (χ1n) is 4.84. The van der Waals surface area contributed by atoms with Crippen molar-refractivity contribution in [2.45, 2.75) is 11.8 Å². The first-order valence-corrected chi connectivity index (χ1v) is 6.95. The topological polar surface area (TPSA) is 0 Å². The normalized spacial score (nSPS) is 12.8. The van der Waals surface area contributed by atoms with Gasteiger partial charge in [0.15, 0.2) is 0 Å². The van der Waals surface area contributed by atoms with Crippen LogP contribution in [-0.2, 0) is 0 Å². The van der Waals surface area contributed by atoms with Crippen LogP contribution in [0, 0.1) is 18.6 Å². The summed E-state index contributed by atoms with van der Waals surface area (Å²) in [4.78, 5) is 0.595. The minimum atomic E-state index is -0.577. The van der Waals surface area contributed by atoms with Crippen molar-refractivity contribution in [3.8, 4) is 0 Å². The number of alkyl halides is 1. The Balaban J connectivity index is 2.39. The van der Waals surface area contributed by atoms with Gasteiger partial charge in [0.25, 0.3) is 0 Å². The molecular weight excluding hydrogens is 330 g/mol. The second kappa shape index (κ2) is 5.04. The molecule has 0 saturated heterocycles. The zero-order chi connectivity index (χ0) is 12.6. The van der Waals surface area contributed by atoms with Crippen molar-refractivity contribution < 1.29 is 8.78 Å². The van der Waals surface area contributed by atoms with E-state index in [0.29, 0.717) is 9.90 Å². The number of aryl methyl sites for hydroxylation is 1. The van der Waals surface area contributed by atoms with E-state index in [2.05, 4.69) is 15.9 Å². The Morgan fingerprint density at radius 3 is 2.53 bits per heavy atom. The van der Waals surface area contributed by atoms with Gasteiger partial charge in [0, 0.05) is 16.5 Å². The zero-order valence-corrected chi connectivity index (χ0v) is 12.0. The molecule has 1 heterocycles. The van der Waals surface area contributed by atoms with E-state index in [1.165, 1.54) is 23.5 Å². The van der Waals surface area contributed by atoms with Crippen LogP contribution in [0.2, 0.25) is 4.34 Å². The second-order valence-electron chi connectivity index (χ2n) is 3.63. The van der Waals surface area contributed by atoms with Crippen LogP contribution < -0.4 is 0 Å². The molecule has 0 aliphatic heterocycles. The summed E-state index contributed by atoms with van der Waals surface area (Å²) >= 11 is 10.8. The standard InChI is InChI=1S/C12H8BrClF2S/c1-6-4-10(17-12(6)14)11(13)8-3-2-7(15)5-9(8)16/h2-5,11H,1H3. The van der Waals surface area contributed by atoms with Gasteiger partial charge >= 0.3 is 0 Å². The van der Waals surface area contributed by atoms with Crippen molar-refractivity contribution in [1.82, 2.24) is 0 Å². The maximum atomic E-state index is 13.6. The van der Waals surface area contributed by atoms with Gasteiger partial charge in [-0.2, -0.15) is 0 Å². The van der Waals surface area contributed by atoms with Crippen LogP contribution in [0.25, 0.3) is 0 Å². The summed E-state index contributed by atoms with van der Waals surface area (Å²) in [5, 5.41) is 0. The van der Waals surface area contributed by atoms with E-state index in [1.807, 2.05) is 13.0 Å². The number of thiophene rings is 1. The Labute approximate surface area is 115 Å². The molecule has 1 aromatic carbocycles. The maximum Gasteiger partial charge on any atom is 0.130 e. The smallest absolute Gasteiger partial charge is 0.130 e. The van der Waals surface area contributed by atoms with Crippen LogP contribution >= 0.6 is 38.9 Å². The van der Waals surface area contributed by atoms with Crippen molar-refractivity contribution in [3.63, 3.8) is 0 Å². The monoisotopic (exact) mass is 336 g/mol. The average Bonchev–Trinajstić information content (AvgIpc) is 2.58. The summed E-state index contributed by atoms with van der Waals surface area (Å²) < 4.78 is 27.1. The molecule has 0 nitrogen and oxygen atoms in total. The second-order valence-corrected chi connectivity index (χ2v) is 6.24. The summed E-state index contributed by atoms with van der Waals surface area (Å²) in [6, 6.07) is 5.46. The highest BCUT2D eigenvalue weighted by Gasteiger charge is 2.18. The van der Waals surface area contributed by atoms with Crippen LogP contribution in [0.15, 0.2) is 24.3 Å². The zero-order valence-electron chi connectivity index (χ0n) is 8.81. The van der Waals surface area contributed by atoms with Crippen LogP contribution in [0.4, 0.5) is 8.78 Å². The molecule has 0 amide bonds. The maximum absolute atomic E-state index is 13.6. The fourth-order valence-corrected chi connectivity index (χ4v) is 3.47. The Morgan fingerprint density at radius 1 is 1.29 bits per heavy atom. The molecule has 17 heavy (non-hydrogen) atoms. The first-order chi connectivity index (χ1) is 7.99. The molecule has 1 atom stereocenters. The van der Waals surface area contributed by atoms with Gasteiger partial charge in [0.1, 0.15) is 11.6 Å². The lowest BCUT2D eigenvalue weighted by Crippen LogP contribution is -1.95. The highest BCUT2D eigenvalue weighted by atomic mass is 79.9. The van der Waals surface area contributed by atoms with Crippen molar-refractivity contribution in [1.29, 1.82) is 0 Å². The van der Waals surface area contributed by atoms with Gasteiger partial charge in [-0.1, -0.05) is 33.6 Å². The van der Waals surface area contributed by atoms with E-state index in [-0.39, 0.29) is 4.83 Å². The third kappa shape index (κ3) is 2.69. The lowest BCUT2D eigenvalue weighted by Gasteiger charge is -2.09. The molecule has 0 bridgehead atoms. The SMILES string of the molecule is Cc1cc(C(Br)c2ccc(F)cc2F)sc1Cl. The molecule has 1 aromatic heterocycles. The van der Waals surface area contributed by atoms with Crippen molar-refractivity contribution in [2.75, 3.05) is 0 Å². The van der Waals surface area contributed by atoms with Crippen LogP contribution in [-0.4, -0.2) is 0 Å². The molecule has 0 radical (unpaired) electrons. The lowest BCUT2D eigenvalue weighted by atomic mass is 10.1. The van der Waals surface area contributed by atoms with Gasteiger partial charge in [-0.3, -0.25) is 0 Å². The number of halogens is 4. The minimum Gasteiger partial charge on any atom is -0.207 e. The molecule has 0 N–H and O–H groups in total. The Morgan fingerprint density at radius 2 is 2.00 bits per heavy atom. The minimum absolute atomic E-state index is 0.306. The van der Waals surface area contributed by atoms with Crippen LogP contribution in [0.3, 0.4) is 0 Å². The molecule has 0 fully saturated rings. The summed E-state index contributed by atoms with van der Waals surface area (Å²) in [7, 11) is 0. The van der Waals surface area contributed by atoms with Crippen molar-refractivity contribution in [2.24, 2.45) is 0 Å². The van der Waals surface area contributed by atoms with Crippen LogP contribution in [0.5, 0.6) is 0 Å². The van der Waals surface area contributed by atoms with Gasteiger partial charge in [-0.05, 0) is 24.6 Å². The summed E-state index contributed by atoms with van der Waals surface area (Å²) in [6.45, 7) is 1.89. The van der Waals surface area contributed by atoms with Gasteiger partial charge in [0.05, 0.1) is 9.16 Å². The molecule has 90 valence electrons. The molecular formula is C12H8BrClF2S. The molecule has 0 aliphatic carbocycles. The van der Waals surface area contributed by atoms with E-state index in [4.69, 9.17) is 11.6 Å². The van der Waals surface area contributed by atoms with Gasteiger partial charge in [-0.25, -0.2) is 8.78 Å². The van der Waals surface area contributed by atoms with Gasteiger partial charge in [0.2, 0.25) is 0 Å². The third-order valence-electron chi connectivity index (χ3n) is 2.36. The predicted molar refractivity (Wildman–Crippen MR) is 71.2 cm³/mol. The van der Waals surface area contributed by atoms with Gasteiger partial charge < -0.3 is 0 Å². The van der Waals surface area contributed by atoms with Crippen molar-refractivity contribution >= 4 is 38.9 Å². The molecule has 5 heteroatoms. The van der Waals surface area contributed by atoms with E-state index in [0.717, 1.165) is 16.5 Å². The summed E-state index contributed by atoms with van der Waals surface area (Å²) in [6.07, 6.45) is 0. The quantitative estimate of drug-likeness (QED) is 0.637. The molecule has 1 unspecified atom stereocenters. The third-order valence-corrected chi connectivity index (χ3v) is 5.27. The number of hydrogen-bond donors (Lipinski definition) is 0. The van der Waals surface area contributed by atoms with Crippen LogP contribution in [0.1, 0.15) is 20.8 Å². The van der Waals surface area contributed by atoms with Crippen molar-refractivity contribution in [3.05, 3.63) is 56.2 Å². The van der Waals surface area contributed by atoms with Gasteiger partial charge in [-0.15, -0.1) is 11.3 Å². The summed E-state index contributed by atoms with van der Waals surface area (Å²) in [5.41, 5.74) is 1.36. The Kier molecular flexibility index (Phi) is 3.85. The highest BCUT2D eigenvalue weighted by Crippen LogP contribution is 2.39. The largest absolute Gasteiger partial charge is 0.207 e. The van der Waals surface area contributed by atoms with E-state index >= 15 is 0 Å². The first kappa shape index (κ1) is 13.0. The lowest BCUT2D eigenvalue weighted by molar-refractivity contribution is 0.574. The molecule has 0 aliphatic rings. The Bertz CT molecular complexity index is 534. The molecule has 2 aromatic rings. The highest BCUT2D eigenvalue weighted by molar-refractivity contribution is 9.09. The molecule has 0 spiro atoms. The molecule has 0 saturated carbocycles. The number of rotatable bonds is 2. The predicted octanol–water partition coefficient (Wildman–Crippen LogP) is 5.47. The molecule has 2 rings (SSSR count). The summed E-state index contributed by atoms with van der Waals surface area (Å²) in [5.74, 6) is -1.14. The fraction of sp³-hybridized carbons (Fsp3) is 0.167. The average molecular weight is 338 g/mol.